The first-order valence-electron chi connectivity index (χ1n) is 10.5. The van der Waals surface area contributed by atoms with Crippen LogP contribution in [0.15, 0.2) is 67.4 Å². The van der Waals surface area contributed by atoms with E-state index in [0.717, 1.165) is 27.9 Å². The number of nitrogens with one attached hydrogen (secondary N) is 3. The van der Waals surface area contributed by atoms with Crippen LogP contribution in [-0.4, -0.2) is 30.8 Å². The third-order valence-corrected chi connectivity index (χ3v) is 5.88. The lowest BCUT2D eigenvalue weighted by molar-refractivity contribution is 0.102. The number of benzene rings is 2. The molecular weight excluding hydrogens is 450 g/mol. The van der Waals surface area contributed by atoms with Gasteiger partial charge in [0.15, 0.2) is 5.65 Å². The predicted octanol–water partition coefficient (Wildman–Crippen LogP) is 5.68. The molecule has 0 bridgehead atoms. The monoisotopic (exact) mass is 469 g/mol. The lowest BCUT2D eigenvalue weighted by Crippen LogP contribution is -2.12. The van der Waals surface area contributed by atoms with Crippen molar-refractivity contribution in [3.05, 3.63) is 89.1 Å². The van der Waals surface area contributed by atoms with Gasteiger partial charge in [0.25, 0.3) is 5.91 Å². The van der Waals surface area contributed by atoms with Gasteiger partial charge < -0.3 is 15.6 Å². The van der Waals surface area contributed by atoms with E-state index in [2.05, 4.69) is 35.6 Å². The summed E-state index contributed by atoms with van der Waals surface area (Å²) in [6.45, 7) is 3.88. The van der Waals surface area contributed by atoms with E-state index in [-0.39, 0.29) is 5.91 Å². The summed E-state index contributed by atoms with van der Waals surface area (Å²) in [4.78, 5) is 33.2. The Morgan fingerprint density at radius 1 is 0.971 bits per heavy atom. The molecule has 0 aliphatic heterocycles. The molecule has 2 aromatic carbocycles. The maximum Gasteiger partial charge on any atom is 0.255 e. The van der Waals surface area contributed by atoms with Crippen molar-refractivity contribution >= 4 is 45.9 Å². The van der Waals surface area contributed by atoms with Crippen LogP contribution in [0.2, 0.25) is 5.02 Å². The molecule has 0 aliphatic rings. The molecule has 9 heteroatoms. The summed E-state index contributed by atoms with van der Waals surface area (Å²) in [7, 11) is 0. The number of fused-ring (bicyclic) bond motifs is 1. The molecule has 5 rings (SSSR count). The van der Waals surface area contributed by atoms with Crippen molar-refractivity contribution in [2.24, 2.45) is 0 Å². The van der Waals surface area contributed by atoms with Gasteiger partial charge in [-0.25, -0.2) is 19.9 Å². The van der Waals surface area contributed by atoms with Crippen molar-refractivity contribution in [1.82, 2.24) is 24.9 Å². The molecule has 0 fully saturated rings. The molecule has 3 aromatic heterocycles. The quantitative estimate of drug-likeness (QED) is 0.305. The minimum atomic E-state index is -0.238. The van der Waals surface area contributed by atoms with Gasteiger partial charge in [0.05, 0.1) is 6.33 Å². The van der Waals surface area contributed by atoms with E-state index in [1.807, 2.05) is 50.2 Å². The Labute approximate surface area is 200 Å². The van der Waals surface area contributed by atoms with Crippen LogP contribution in [0.3, 0.4) is 0 Å². The smallest absolute Gasteiger partial charge is 0.255 e. The van der Waals surface area contributed by atoms with Gasteiger partial charge in [-0.1, -0.05) is 23.7 Å². The second-order valence-corrected chi connectivity index (χ2v) is 8.20. The Morgan fingerprint density at radius 2 is 1.82 bits per heavy atom. The Kier molecular flexibility index (Phi) is 5.65. The molecule has 34 heavy (non-hydrogen) atoms. The topological polar surface area (TPSA) is 108 Å². The summed E-state index contributed by atoms with van der Waals surface area (Å²) in [5.74, 6) is 0.381. The van der Waals surface area contributed by atoms with Crippen LogP contribution in [0.25, 0.3) is 22.4 Å². The molecule has 168 valence electrons. The maximum atomic E-state index is 12.7. The molecule has 0 saturated carbocycles. The molecule has 8 nitrogen and oxygen atoms in total. The predicted molar refractivity (Wildman–Crippen MR) is 134 cm³/mol. The van der Waals surface area contributed by atoms with Crippen molar-refractivity contribution in [2.45, 2.75) is 13.8 Å². The highest BCUT2D eigenvalue weighted by molar-refractivity contribution is 6.31. The van der Waals surface area contributed by atoms with E-state index in [9.17, 15) is 4.79 Å². The number of amides is 1. The number of carbonyl (C=O) groups is 1. The first-order chi connectivity index (χ1) is 16.5. The first kappa shape index (κ1) is 21.5. The number of imidazole rings is 1. The van der Waals surface area contributed by atoms with Crippen molar-refractivity contribution in [2.75, 3.05) is 10.6 Å². The fourth-order valence-electron chi connectivity index (χ4n) is 3.56. The number of pyridine rings is 1. The number of anilines is 3. The van der Waals surface area contributed by atoms with Gasteiger partial charge in [-0.2, -0.15) is 0 Å². The standard InChI is InChI=1S/C25H20ClN7O/c1-14-5-7-16(10-19(14)26)25(34)32-17-8-6-15(2)20(11-17)33-23-18(4-3-9-27-23)21-22-24(30-12-28-21)31-13-29-22/h3-13H,1-2H3,(H,27,33)(H,32,34)(H,28,29,30,31). The number of carbonyl (C=O) groups excluding carboxylic acids is 1. The summed E-state index contributed by atoms with van der Waals surface area (Å²) >= 11 is 6.18. The van der Waals surface area contributed by atoms with Crippen LogP contribution in [-0.2, 0) is 0 Å². The summed E-state index contributed by atoms with van der Waals surface area (Å²) in [5, 5.41) is 6.87. The van der Waals surface area contributed by atoms with Gasteiger partial charge in [-0.15, -0.1) is 0 Å². The summed E-state index contributed by atoms with van der Waals surface area (Å²) in [5.41, 5.74) is 6.64. The minimum Gasteiger partial charge on any atom is -0.341 e. The summed E-state index contributed by atoms with van der Waals surface area (Å²) in [6.07, 6.45) is 4.77. The van der Waals surface area contributed by atoms with Crippen LogP contribution in [0.5, 0.6) is 0 Å². The van der Waals surface area contributed by atoms with Crippen LogP contribution in [0.1, 0.15) is 21.5 Å². The molecule has 0 spiro atoms. The van der Waals surface area contributed by atoms with Crippen molar-refractivity contribution < 1.29 is 4.79 Å². The lowest BCUT2D eigenvalue weighted by atomic mass is 10.1. The third-order valence-electron chi connectivity index (χ3n) is 5.47. The fraction of sp³-hybridized carbons (Fsp3) is 0.0800. The fourth-order valence-corrected chi connectivity index (χ4v) is 3.75. The molecular formula is C25H20ClN7O. The second kappa shape index (κ2) is 8.92. The first-order valence-corrected chi connectivity index (χ1v) is 10.9. The van der Waals surface area contributed by atoms with Gasteiger partial charge in [0.1, 0.15) is 23.4 Å². The average Bonchev–Trinajstić information content (AvgIpc) is 3.32. The van der Waals surface area contributed by atoms with Gasteiger partial charge in [-0.05, 0) is 61.4 Å². The van der Waals surface area contributed by atoms with E-state index in [0.29, 0.717) is 33.4 Å². The Hall–Kier alpha value is -4.30. The number of H-pyrrole nitrogens is 1. The summed E-state index contributed by atoms with van der Waals surface area (Å²) in [6, 6.07) is 14.7. The normalized spacial score (nSPS) is 10.9. The van der Waals surface area contributed by atoms with E-state index >= 15 is 0 Å². The SMILES string of the molecule is Cc1ccc(C(=O)Nc2ccc(C)c(Nc3ncccc3-c3ncnc4nc[nH]c34)c2)cc1Cl. The minimum absolute atomic E-state index is 0.238. The zero-order valence-corrected chi connectivity index (χ0v) is 19.2. The molecule has 1 amide bonds. The molecule has 0 aliphatic carbocycles. The number of aromatic nitrogens is 5. The van der Waals surface area contributed by atoms with Crippen LogP contribution in [0, 0.1) is 13.8 Å². The number of rotatable bonds is 5. The number of aromatic amines is 1. The van der Waals surface area contributed by atoms with E-state index < -0.39 is 0 Å². The van der Waals surface area contributed by atoms with Crippen molar-refractivity contribution in [1.29, 1.82) is 0 Å². The maximum absolute atomic E-state index is 12.7. The van der Waals surface area contributed by atoms with Gasteiger partial charge in [-0.3, -0.25) is 4.79 Å². The molecule has 0 saturated heterocycles. The summed E-state index contributed by atoms with van der Waals surface area (Å²) < 4.78 is 0. The number of nitrogens with zero attached hydrogens (tertiary/aromatic N) is 4. The number of halogens is 1. The molecule has 3 N–H and O–H groups in total. The van der Waals surface area contributed by atoms with E-state index in [1.54, 1.807) is 24.7 Å². The highest BCUT2D eigenvalue weighted by Crippen LogP contribution is 2.32. The highest BCUT2D eigenvalue weighted by atomic mass is 35.5. The van der Waals surface area contributed by atoms with Gasteiger partial charge >= 0.3 is 0 Å². The van der Waals surface area contributed by atoms with E-state index in [4.69, 9.17) is 11.6 Å². The van der Waals surface area contributed by atoms with Crippen LogP contribution < -0.4 is 10.6 Å². The Bertz CT molecular complexity index is 1530. The molecule has 0 atom stereocenters. The third kappa shape index (κ3) is 4.18. The molecule has 5 aromatic rings. The zero-order chi connectivity index (χ0) is 23.7. The van der Waals surface area contributed by atoms with Crippen molar-refractivity contribution in [3.63, 3.8) is 0 Å². The Morgan fingerprint density at radius 3 is 2.68 bits per heavy atom. The van der Waals surface area contributed by atoms with Gasteiger partial charge in [0.2, 0.25) is 0 Å². The molecule has 3 heterocycles. The Balaban J connectivity index is 1.45. The van der Waals surface area contributed by atoms with Crippen LogP contribution in [0.4, 0.5) is 17.2 Å². The lowest BCUT2D eigenvalue weighted by Gasteiger charge is -2.14. The number of hydrogen-bond acceptors (Lipinski definition) is 6. The molecule has 0 unspecified atom stereocenters. The highest BCUT2D eigenvalue weighted by Gasteiger charge is 2.15. The second-order valence-electron chi connectivity index (χ2n) is 7.80. The average molecular weight is 470 g/mol. The molecule has 0 radical (unpaired) electrons. The largest absolute Gasteiger partial charge is 0.341 e. The van der Waals surface area contributed by atoms with Crippen molar-refractivity contribution in [3.8, 4) is 11.3 Å². The van der Waals surface area contributed by atoms with Gasteiger partial charge in [0, 0.05) is 33.7 Å². The zero-order valence-electron chi connectivity index (χ0n) is 18.4. The number of hydrogen-bond donors (Lipinski definition) is 3. The van der Waals surface area contributed by atoms with E-state index in [1.165, 1.54) is 6.33 Å². The van der Waals surface area contributed by atoms with Crippen LogP contribution >= 0.6 is 11.6 Å². The number of aryl methyl sites for hydroxylation is 2.